The lowest BCUT2D eigenvalue weighted by molar-refractivity contribution is 0.340. The second-order valence-electron chi connectivity index (χ2n) is 4.70. The molecule has 0 unspecified atom stereocenters. The number of halogens is 1. The summed E-state index contributed by atoms with van der Waals surface area (Å²) >= 11 is 6.01. The Morgan fingerprint density at radius 3 is 2.46 bits per heavy atom. The molecule has 0 saturated carbocycles. The van der Waals surface area contributed by atoms with Crippen LogP contribution in [0.25, 0.3) is 6.08 Å². The van der Waals surface area contributed by atoms with E-state index in [1.807, 2.05) is 37.3 Å². The summed E-state index contributed by atoms with van der Waals surface area (Å²) in [7, 11) is -3.75. The number of nitrogens with zero attached hydrogens (tertiary/aromatic N) is 1. The highest BCUT2D eigenvalue weighted by Crippen LogP contribution is 2.16. The normalized spacial score (nSPS) is 12.3. The quantitative estimate of drug-likeness (QED) is 0.602. The van der Waals surface area contributed by atoms with Gasteiger partial charge in [0.05, 0.1) is 22.7 Å². The topological polar surface area (TPSA) is 67.8 Å². The van der Waals surface area contributed by atoms with Crippen molar-refractivity contribution in [2.45, 2.75) is 11.8 Å². The van der Waals surface area contributed by atoms with Crippen LogP contribution < -0.4 is 9.57 Å². The molecule has 0 spiro atoms. The number of allylic oxidation sites excluding steroid dienone is 1. The van der Waals surface area contributed by atoms with Gasteiger partial charge in [0.15, 0.2) is 0 Å². The Hall–Kier alpha value is -2.31. The maximum Gasteiger partial charge on any atom is 0.276 e. The summed E-state index contributed by atoms with van der Waals surface area (Å²) in [5.41, 5.74) is 0.892. The van der Waals surface area contributed by atoms with Crippen molar-refractivity contribution >= 4 is 33.9 Å². The average molecular weight is 365 g/mol. The van der Waals surface area contributed by atoms with Gasteiger partial charge in [0.1, 0.15) is 5.75 Å². The predicted molar refractivity (Wildman–Crippen MR) is 96.7 cm³/mol. The molecule has 7 heteroatoms. The Kier molecular flexibility index (Phi) is 6.40. The predicted octanol–water partition coefficient (Wildman–Crippen LogP) is 3.63. The highest BCUT2D eigenvalue weighted by molar-refractivity contribution is 7.89. The van der Waals surface area contributed by atoms with Crippen LogP contribution in [-0.2, 0) is 10.0 Å². The lowest BCUT2D eigenvalue weighted by atomic mass is 10.2. The molecule has 0 amide bonds. The Labute approximate surface area is 146 Å². The molecule has 2 aromatic carbocycles. The van der Waals surface area contributed by atoms with Gasteiger partial charge in [-0.1, -0.05) is 41.9 Å². The van der Waals surface area contributed by atoms with Crippen molar-refractivity contribution in [2.24, 2.45) is 5.10 Å². The number of hydrogen-bond acceptors (Lipinski definition) is 4. The molecule has 0 aromatic heterocycles. The van der Waals surface area contributed by atoms with E-state index < -0.39 is 10.0 Å². The van der Waals surface area contributed by atoms with Crippen LogP contribution in [0, 0.1) is 0 Å². The molecule has 5 nitrogen and oxygen atoms in total. The largest absolute Gasteiger partial charge is 0.494 e. The summed E-state index contributed by atoms with van der Waals surface area (Å²) in [5, 5.41) is 3.98. The van der Waals surface area contributed by atoms with Gasteiger partial charge in [-0.05, 0) is 42.8 Å². The summed E-state index contributed by atoms with van der Waals surface area (Å²) in [5.74, 6) is 0.605. The summed E-state index contributed by atoms with van der Waals surface area (Å²) in [6, 6.07) is 15.5. The van der Waals surface area contributed by atoms with Gasteiger partial charge in [-0.2, -0.15) is 13.5 Å². The third kappa shape index (κ3) is 5.40. The number of hydrogen-bond donors (Lipinski definition) is 1. The van der Waals surface area contributed by atoms with E-state index in [1.54, 1.807) is 18.2 Å². The third-order valence-electron chi connectivity index (χ3n) is 2.91. The van der Waals surface area contributed by atoms with Crippen LogP contribution in [-0.4, -0.2) is 21.2 Å². The van der Waals surface area contributed by atoms with Crippen molar-refractivity contribution in [3.63, 3.8) is 0 Å². The Morgan fingerprint density at radius 1 is 1.17 bits per heavy atom. The molecule has 24 heavy (non-hydrogen) atoms. The summed E-state index contributed by atoms with van der Waals surface area (Å²) in [6.07, 6.45) is 2.91. The first-order chi connectivity index (χ1) is 11.5. The molecule has 0 aliphatic heterocycles. The fraction of sp³-hybridized carbons (Fsp3) is 0.118. The van der Waals surface area contributed by atoms with Gasteiger partial charge < -0.3 is 4.74 Å². The first-order valence-electron chi connectivity index (χ1n) is 7.21. The summed E-state index contributed by atoms with van der Waals surface area (Å²) in [6.45, 7) is 2.37. The number of hydrazone groups is 1. The SMILES string of the molecule is CCOc1ccc(S(=O)(=O)NN=CC(Cl)=Cc2ccccc2)cc1. The van der Waals surface area contributed by atoms with Gasteiger partial charge in [0.2, 0.25) is 0 Å². The fourth-order valence-corrected chi connectivity index (χ4v) is 2.80. The Balaban J connectivity index is 2.02. The molecule has 126 valence electrons. The summed E-state index contributed by atoms with van der Waals surface area (Å²) in [4.78, 5) is 2.21. The lowest BCUT2D eigenvalue weighted by Gasteiger charge is -2.05. The minimum Gasteiger partial charge on any atom is -0.494 e. The maximum atomic E-state index is 12.1. The smallest absolute Gasteiger partial charge is 0.276 e. The Morgan fingerprint density at radius 2 is 1.83 bits per heavy atom. The van der Waals surface area contributed by atoms with Gasteiger partial charge in [0, 0.05) is 0 Å². The second-order valence-corrected chi connectivity index (χ2v) is 6.79. The van der Waals surface area contributed by atoms with Crippen LogP contribution in [0.15, 0.2) is 69.6 Å². The number of rotatable bonds is 7. The molecule has 1 N–H and O–H groups in total. The van der Waals surface area contributed by atoms with Crippen LogP contribution in [0.1, 0.15) is 12.5 Å². The number of benzene rings is 2. The van der Waals surface area contributed by atoms with Crippen LogP contribution >= 0.6 is 11.6 Å². The van der Waals surface area contributed by atoms with E-state index in [2.05, 4.69) is 9.93 Å². The Bertz CT molecular complexity index is 817. The van der Waals surface area contributed by atoms with E-state index in [4.69, 9.17) is 16.3 Å². The molecule has 0 atom stereocenters. The first-order valence-corrected chi connectivity index (χ1v) is 9.07. The van der Waals surface area contributed by atoms with Crippen LogP contribution in [0.2, 0.25) is 0 Å². The standard InChI is InChI=1S/C17H17ClN2O3S/c1-2-23-16-8-10-17(11-9-16)24(21,22)20-19-13-15(18)12-14-6-4-3-5-7-14/h3-13,20H,2H2,1H3. The maximum absolute atomic E-state index is 12.1. The van der Waals surface area contributed by atoms with E-state index in [1.165, 1.54) is 18.3 Å². The van der Waals surface area contributed by atoms with Crippen LogP contribution in [0.5, 0.6) is 5.75 Å². The third-order valence-corrected chi connectivity index (χ3v) is 4.36. The van der Waals surface area contributed by atoms with E-state index in [9.17, 15) is 8.42 Å². The van der Waals surface area contributed by atoms with Gasteiger partial charge in [-0.15, -0.1) is 0 Å². The van der Waals surface area contributed by atoms with Gasteiger partial charge in [-0.3, -0.25) is 0 Å². The van der Waals surface area contributed by atoms with Crippen molar-refractivity contribution in [2.75, 3.05) is 6.61 Å². The molecule has 0 radical (unpaired) electrons. The molecule has 0 aliphatic rings. The van der Waals surface area contributed by atoms with Crippen LogP contribution in [0.4, 0.5) is 0 Å². The lowest BCUT2D eigenvalue weighted by Crippen LogP contribution is -2.18. The first kappa shape index (κ1) is 18.0. The van der Waals surface area contributed by atoms with Crippen molar-refractivity contribution < 1.29 is 13.2 Å². The molecule has 0 aliphatic carbocycles. The van der Waals surface area contributed by atoms with Crippen molar-refractivity contribution in [1.29, 1.82) is 0 Å². The van der Waals surface area contributed by atoms with E-state index in [0.717, 1.165) is 5.56 Å². The van der Waals surface area contributed by atoms with Gasteiger partial charge in [-0.25, -0.2) is 4.83 Å². The molecule has 0 heterocycles. The highest BCUT2D eigenvalue weighted by atomic mass is 35.5. The number of nitrogens with one attached hydrogen (secondary N) is 1. The number of ether oxygens (including phenoxy) is 1. The van der Waals surface area contributed by atoms with E-state index in [0.29, 0.717) is 17.4 Å². The fourth-order valence-electron chi connectivity index (χ4n) is 1.84. The molecular weight excluding hydrogens is 348 g/mol. The second kappa shape index (κ2) is 8.52. The zero-order valence-corrected chi connectivity index (χ0v) is 14.6. The molecule has 0 saturated heterocycles. The molecular formula is C17H17ClN2O3S. The molecule has 2 aromatic rings. The zero-order valence-electron chi connectivity index (χ0n) is 13.0. The van der Waals surface area contributed by atoms with E-state index >= 15 is 0 Å². The summed E-state index contributed by atoms with van der Waals surface area (Å²) < 4.78 is 29.5. The van der Waals surface area contributed by atoms with E-state index in [-0.39, 0.29) is 4.90 Å². The minimum absolute atomic E-state index is 0.0891. The highest BCUT2D eigenvalue weighted by Gasteiger charge is 2.12. The monoisotopic (exact) mass is 364 g/mol. The average Bonchev–Trinajstić information content (AvgIpc) is 2.56. The van der Waals surface area contributed by atoms with Crippen molar-refractivity contribution in [3.8, 4) is 5.75 Å². The number of sulfonamides is 1. The van der Waals surface area contributed by atoms with Crippen molar-refractivity contribution in [1.82, 2.24) is 4.83 Å². The van der Waals surface area contributed by atoms with Crippen molar-refractivity contribution in [3.05, 3.63) is 65.2 Å². The van der Waals surface area contributed by atoms with Gasteiger partial charge in [0.25, 0.3) is 10.0 Å². The minimum atomic E-state index is -3.75. The molecule has 0 fully saturated rings. The zero-order chi connectivity index (χ0) is 17.4. The molecule has 0 bridgehead atoms. The molecule has 2 rings (SSSR count). The van der Waals surface area contributed by atoms with Gasteiger partial charge >= 0.3 is 0 Å². The van der Waals surface area contributed by atoms with Crippen LogP contribution in [0.3, 0.4) is 0 Å².